The molecule has 0 unspecified atom stereocenters. The molecule has 0 saturated heterocycles. The predicted molar refractivity (Wildman–Crippen MR) is 76.0 cm³/mol. The zero-order chi connectivity index (χ0) is 15.4. The number of hydrogen-bond donors (Lipinski definition) is 1. The molecule has 1 N–H and O–H groups in total. The number of benzene rings is 1. The highest BCUT2D eigenvalue weighted by Crippen LogP contribution is 2.33. The quantitative estimate of drug-likeness (QED) is 0.825. The minimum absolute atomic E-state index is 0.132. The number of aliphatic carboxylic acids is 1. The van der Waals surface area contributed by atoms with Gasteiger partial charge < -0.3 is 14.4 Å². The molecule has 0 atom stereocenters. The molecule has 0 spiro atoms. The Morgan fingerprint density at radius 1 is 1.48 bits per heavy atom. The second-order valence-electron chi connectivity index (χ2n) is 4.05. The number of carboxylic acid groups (broad SMARTS) is 1. The van der Waals surface area contributed by atoms with Crippen molar-refractivity contribution in [2.24, 2.45) is 0 Å². The number of hydrogen-bond acceptors (Lipinski definition) is 5. The fraction of sp³-hybridized carbons (Fsp3) is 0.308. The summed E-state index contributed by atoms with van der Waals surface area (Å²) in [7, 11) is 1.45. The largest absolute Gasteiger partial charge is 0.496 e. The predicted octanol–water partition coefficient (Wildman–Crippen LogP) is 2.29. The molecule has 8 heteroatoms. The highest BCUT2D eigenvalue weighted by molar-refractivity contribution is 7.99. The van der Waals surface area contributed by atoms with Crippen LogP contribution in [-0.2, 0) is 11.3 Å². The summed E-state index contributed by atoms with van der Waals surface area (Å²) in [6, 6.07) is 4.50. The monoisotopic (exact) mass is 311 g/mol. The number of nitrogens with zero attached hydrogens (tertiary/aromatic N) is 3. The third-order valence-electron chi connectivity index (χ3n) is 2.78. The van der Waals surface area contributed by atoms with Crippen LogP contribution in [-0.4, -0.2) is 38.7 Å². The Morgan fingerprint density at radius 2 is 2.24 bits per heavy atom. The fourth-order valence-electron chi connectivity index (χ4n) is 1.88. The van der Waals surface area contributed by atoms with Gasteiger partial charge in [0.05, 0.1) is 18.4 Å². The van der Waals surface area contributed by atoms with Crippen molar-refractivity contribution in [1.29, 1.82) is 0 Å². The summed E-state index contributed by atoms with van der Waals surface area (Å²) in [5, 5.41) is 17.1. The van der Waals surface area contributed by atoms with Gasteiger partial charge in [0.25, 0.3) is 0 Å². The van der Waals surface area contributed by atoms with Gasteiger partial charge in [-0.25, -0.2) is 4.39 Å². The van der Waals surface area contributed by atoms with Crippen molar-refractivity contribution in [2.45, 2.75) is 18.6 Å². The Balaban J connectivity index is 2.48. The first kappa shape index (κ1) is 15.3. The number of methoxy groups -OCH3 is 1. The Labute approximate surface area is 124 Å². The Hall–Kier alpha value is -2.09. The summed E-state index contributed by atoms with van der Waals surface area (Å²) in [5.41, 5.74) is 0.219. The van der Waals surface area contributed by atoms with Gasteiger partial charge in [-0.05, 0) is 19.1 Å². The minimum Gasteiger partial charge on any atom is -0.496 e. The maximum atomic E-state index is 14.1. The molecule has 1 aromatic heterocycles. The van der Waals surface area contributed by atoms with Crippen molar-refractivity contribution in [3.05, 3.63) is 24.0 Å². The Bertz CT molecular complexity index is 660. The van der Waals surface area contributed by atoms with E-state index in [9.17, 15) is 9.18 Å². The van der Waals surface area contributed by atoms with Crippen LogP contribution in [0.4, 0.5) is 4.39 Å². The number of carbonyl (C=O) groups is 1. The van der Waals surface area contributed by atoms with Gasteiger partial charge in [0, 0.05) is 6.54 Å². The van der Waals surface area contributed by atoms with E-state index in [4.69, 9.17) is 9.84 Å². The van der Waals surface area contributed by atoms with Crippen LogP contribution in [0.5, 0.6) is 5.75 Å². The van der Waals surface area contributed by atoms with E-state index in [-0.39, 0.29) is 11.3 Å². The lowest BCUT2D eigenvalue weighted by molar-refractivity contribution is -0.133. The van der Waals surface area contributed by atoms with Gasteiger partial charge >= 0.3 is 5.97 Å². The molecule has 112 valence electrons. The maximum Gasteiger partial charge on any atom is 0.313 e. The molecule has 21 heavy (non-hydrogen) atoms. The van der Waals surface area contributed by atoms with Gasteiger partial charge in [0.15, 0.2) is 11.0 Å². The van der Waals surface area contributed by atoms with Crippen LogP contribution in [0.15, 0.2) is 23.4 Å². The number of rotatable bonds is 6. The van der Waals surface area contributed by atoms with Crippen LogP contribution >= 0.6 is 11.8 Å². The smallest absolute Gasteiger partial charge is 0.313 e. The van der Waals surface area contributed by atoms with Crippen molar-refractivity contribution in [3.8, 4) is 17.1 Å². The summed E-state index contributed by atoms with van der Waals surface area (Å²) in [5.74, 6) is -0.874. The van der Waals surface area contributed by atoms with Gasteiger partial charge in [-0.2, -0.15) is 0 Å². The molecular weight excluding hydrogens is 297 g/mol. The molecule has 1 heterocycles. The first-order chi connectivity index (χ1) is 10.1. The third kappa shape index (κ3) is 3.15. The second-order valence-corrected chi connectivity index (χ2v) is 4.99. The fourth-order valence-corrected chi connectivity index (χ4v) is 2.61. The van der Waals surface area contributed by atoms with Gasteiger partial charge in [0.1, 0.15) is 11.6 Å². The number of aromatic nitrogens is 3. The van der Waals surface area contributed by atoms with E-state index in [0.29, 0.717) is 23.3 Å². The normalized spacial score (nSPS) is 10.6. The van der Waals surface area contributed by atoms with E-state index < -0.39 is 11.8 Å². The molecule has 6 nitrogen and oxygen atoms in total. The van der Waals surface area contributed by atoms with Gasteiger partial charge in [-0.1, -0.05) is 17.8 Å². The molecule has 0 bridgehead atoms. The highest BCUT2D eigenvalue weighted by Gasteiger charge is 2.20. The molecule has 1 aromatic carbocycles. The third-order valence-corrected chi connectivity index (χ3v) is 3.73. The van der Waals surface area contributed by atoms with Crippen molar-refractivity contribution >= 4 is 17.7 Å². The lowest BCUT2D eigenvalue weighted by atomic mass is 10.1. The lowest BCUT2D eigenvalue weighted by Gasteiger charge is -2.10. The topological polar surface area (TPSA) is 77.2 Å². The van der Waals surface area contributed by atoms with Crippen molar-refractivity contribution in [2.75, 3.05) is 12.9 Å². The Kier molecular flexibility index (Phi) is 4.79. The molecule has 0 aliphatic heterocycles. The zero-order valence-electron chi connectivity index (χ0n) is 11.5. The van der Waals surface area contributed by atoms with E-state index in [2.05, 4.69) is 10.2 Å². The molecule has 2 aromatic rings. The van der Waals surface area contributed by atoms with E-state index in [1.807, 2.05) is 6.92 Å². The average molecular weight is 311 g/mol. The van der Waals surface area contributed by atoms with Gasteiger partial charge in [-0.15, -0.1) is 10.2 Å². The maximum absolute atomic E-state index is 14.1. The van der Waals surface area contributed by atoms with Crippen LogP contribution in [0.3, 0.4) is 0 Å². The standard InChI is InChI=1S/C13H14FN3O3S/c1-3-17-12(15-16-13(17)21-7-10(18)19)11-8(14)5-4-6-9(11)20-2/h4-6H,3,7H2,1-2H3,(H,18,19). The molecule has 0 aliphatic rings. The van der Waals surface area contributed by atoms with Crippen LogP contribution in [0, 0.1) is 5.82 Å². The van der Waals surface area contributed by atoms with Gasteiger partial charge in [0.2, 0.25) is 0 Å². The average Bonchev–Trinajstić information content (AvgIpc) is 2.87. The summed E-state index contributed by atoms with van der Waals surface area (Å²) in [4.78, 5) is 10.6. The molecule has 0 aliphatic carbocycles. The SMILES string of the molecule is CCn1c(SCC(=O)O)nnc1-c1c(F)cccc1OC. The summed E-state index contributed by atoms with van der Waals surface area (Å²) < 4.78 is 20.9. The zero-order valence-corrected chi connectivity index (χ0v) is 12.4. The molecule has 0 fully saturated rings. The van der Waals surface area contributed by atoms with Crippen LogP contribution < -0.4 is 4.74 Å². The van der Waals surface area contributed by atoms with E-state index in [1.165, 1.54) is 13.2 Å². The number of ether oxygens (including phenoxy) is 1. The van der Waals surface area contributed by atoms with Crippen molar-refractivity contribution in [3.63, 3.8) is 0 Å². The number of halogens is 1. The lowest BCUT2D eigenvalue weighted by Crippen LogP contribution is -2.04. The number of thioether (sulfide) groups is 1. The minimum atomic E-state index is -0.948. The van der Waals surface area contributed by atoms with Crippen LogP contribution in [0.1, 0.15) is 6.92 Å². The number of carboxylic acids is 1. The van der Waals surface area contributed by atoms with E-state index >= 15 is 0 Å². The van der Waals surface area contributed by atoms with Crippen molar-refractivity contribution < 1.29 is 19.0 Å². The first-order valence-corrected chi connectivity index (χ1v) is 7.17. The summed E-state index contributed by atoms with van der Waals surface area (Å²) >= 11 is 1.04. The molecule has 2 rings (SSSR count). The first-order valence-electron chi connectivity index (χ1n) is 6.19. The molecular formula is C13H14FN3O3S. The second kappa shape index (κ2) is 6.57. The summed E-state index contributed by atoms with van der Waals surface area (Å²) in [6.07, 6.45) is 0. The van der Waals surface area contributed by atoms with Crippen LogP contribution in [0.2, 0.25) is 0 Å². The molecule has 0 saturated carbocycles. The van der Waals surface area contributed by atoms with Crippen molar-refractivity contribution in [1.82, 2.24) is 14.8 Å². The van der Waals surface area contributed by atoms with E-state index in [0.717, 1.165) is 11.8 Å². The molecule has 0 radical (unpaired) electrons. The summed E-state index contributed by atoms with van der Waals surface area (Å²) in [6.45, 7) is 2.34. The van der Waals surface area contributed by atoms with E-state index in [1.54, 1.807) is 16.7 Å². The highest BCUT2D eigenvalue weighted by atomic mass is 32.2. The Morgan fingerprint density at radius 3 is 2.86 bits per heavy atom. The molecule has 0 amide bonds. The van der Waals surface area contributed by atoms with Gasteiger partial charge in [-0.3, -0.25) is 4.79 Å². The van der Waals surface area contributed by atoms with Crippen LogP contribution in [0.25, 0.3) is 11.4 Å².